The molecule has 0 amide bonds. The molecule has 1 atom stereocenters. The van der Waals surface area contributed by atoms with E-state index < -0.39 is 0 Å². The topological polar surface area (TPSA) is 62.6 Å². The lowest BCUT2D eigenvalue weighted by Crippen LogP contribution is -2.28. The molecule has 1 unspecified atom stereocenters. The lowest BCUT2D eigenvalue weighted by Gasteiger charge is -2.28. The number of rotatable bonds is 6. The molecule has 6 nitrogen and oxygen atoms in total. The van der Waals surface area contributed by atoms with Gasteiger partial charge in [-0.2, -0.15) is 0 Å². The predicted molar refractivity (Wildman–Crippen MR) is 122 cm³/mol. The molecule has 3 aromatic rings. The third-order valence-corrected chi connectivity index (χ3v) is 6.26. The maximum atomic E-state index is 12.7. The van der Waals surface area contributed by atoms with E-state index in [0.29, 0.717) is 19.1 Å². The van der Waals surface area contributed by atoms with Crippen molar-refractivity contribution in [3.63, 3.8) is 0 Å². The molecular formula is C26H28N2O4. The minimum atomic E-state index is -0.000795. The second-order valence-electron chi connectivity index (χ2n) is 8.45. The number of aryl methyl sites for hydroxylation is 1. The number of pyridine rings is 2. The molecule has 0 N–H and O–H groups in total. The molecule has 0 radical (unpaired) electrons. The number of benzene rings is 1. The largest absolute Gasteiger partial charge is 0.487 e. The van der Waals surface area contributed by atoms with Crippen LogP contribution in [0.5, 0.6) is 11.6 Å². The van der Waals surface area contributed by atoms with Gasteiger partial charge in [-0.15, -0.1) is 0 Å². The van der Waals surface area contributed by atoms with Crippen LogP contribution in [0.15, 0.2) is 53.5 Å². The fraction of sp³-hybridized carbons (Fsp3) is 0.385. The zero-order valence-corrected chi connectivity index (χ0v) is 18.4. The maximum Gasteiger partial charge on any atom is 0.197 e. The smallest absolute Gasteiger partial charge is 0.197 e. The molecule has 166 valence electrons. The first-order valence-corrected chi connectivity index (χ1v) is 11.3. The molecule has 1 aromatic carbocycles. The van der Waals surface area contributed by atoms with E-state index in [1.165, 1.54) is 5.56 Å². The van der Waals surface area contributed by atoms with Crippen LogP contribution in [0.25, 0.3) is 11.3 Å². The van der Waals surface area contributed by atoms with Crippen molar-refractivity contribution in [3.8, 4) is 22.9 Å². The van der Waals surface area contributed by atoms with Crippen molar-refractivity contribution < 1.29 is 14.2 Å². The Bertz CT molecular complexity index is 1150. The molecule has 4 heterocycles. The molecule has 32 heavy (non-hydrogen) atoms. The molecule has 0 saturated carbocycles. The quantitative estimate of drug-likeness (QED) is 0.581. The van der Waals surface area contributed by atoms with Crippen molar-refractivity contribution in [1.82, 2.24) is 9.55 Å². The Balaban J connectivity index is 1.39. The van der Waals surface area contributed by atoms with Crippen LogP contribution in [0.4, 0.5) is 0 Å². The van der Waals surface area contributed by atoms with E-state index >= 15 is 0 Å². The zero-order valence-electron chi connectivity index (χ0n) is 18.4. The highest BCUT2D eigenvalue weighted by molar-refractivity contribution is 5.70. The monoisotopic (exact) mass is 432 g/mol. The molecule has 2 aromatic heterocycles. The van der Waals surface area contributed by atoms with E-state index in [1.54, 1.807) is 12.3 Å². The molecule has 6 heteroatoms. The van der Waals surface area contributed by atoms with Gasteiger partial charge in [0.25, 0.3) is 0 Å². The first kappa shape index (κ1) is 20.8. The van der Waals surface area contributed by atoms with Gasteiger partial charge in [0.2, 0.25) is 0 Å². The van der Waals surface area contributed by atoms with Crippen LogP contribution >= 0.6 is 0 Å². The maximum absolute atomic E-state index is 12.7. The number of hydrogen-bond acceptors (Lipinski definition) is 5. The van der Waals surface area contributed by atoms with Crippen molar-refractivity contribution in [3.05, 3.63) is 75.7 Å². The van der Waals surface area contributed by atoms with Gasteiger partial charge in [0.15, 0.2) is 11.3 Å². The van der Waals surface area contributed by atoms with Gasteiger partial charge in [0.1, 0.15) is 19.0 Å². The summed E-state index contributed by atoms with van der Waals surface area (Å²) in [5.41, 5.74) is 4.82. The van der Waals surface area contributed by atoms with E-state index in [4.69, 9.17) is 14.2 Å². The Kier molecular flexibility index (Phi) is 5.95. The van der Waals surface area contributed by atoms with Gasteiger partial charge in [0.05, 0.1) is 17.5 Å². The minimum Gasteiger partial charge on any atom is -0.487 e. The number of hydrogen-bond donors (Lipinski definition) is 0. The summed E-state index contributed by atoms with van der Waals surface area (Å²) in [5.74, 6) is 1.44. The molecule has 0 spiro atoms. The van der Waals surface area contributed by atoms with Crippen molar-refractivity contribution in [2.24, 2.45) is 0 Å². The fourth-order valence-electron chi connectivity index (χ4n) is 4.50. The first-order valence-electron chi connectivity index (χ1n) is 11.3. The van der Waals surface area contributed by atoms with Gasteiger partial charge in [0, 0.05) is 36.5 Å². The third kappa shape index (κ3) is 4.28. The van der Waals surface area contributed by atoms with E-state index in [-0.39, 0.29) is 11.5 Å². The Hall–Kier alpha value is -3.12. The summed E-state index contributed by atoms with van der Waals surface area (Å²) >= 11 is 0. The highest BCUT2D eigenvalue weighted by Crippen LogP contribution is 2.36. The van der Waals surface area contributed by atoms with E-state index in [9.17, 15) is 4.79 Å². The van der Waals surface area contributed by atoms with Crippen LogP contribution in [0.3, 0.4) is 0 Å². The lowest BCUT2D eigenvalue weighted by atomic mass is 9.94. The highest BCUT2D eigenvalue weighted by atomic mass is 16.5. The average molecular weight is 433 g/mol. The minimum absolute atomic E-state index is 0.000795. The van der Waals surface area contributed by atoms with Crippen molar-refractivity contribution >= 4 is 0 Å². The number of fused-ring (bicyclic) bond motifs is 3. The Labute approximate surface area is 187 Å². The molecular weight excluding hydrogens is 404 g/mol. The van der Waals surface area contributed by atoms with E-state index in [0.717, 1.165) is 67.1 Å². The Morgan fingerprint density at radius 1 is 1.16 bits per heavy atom. The first-order chi connectivity index (χ1) is 15.7. The predicted octanol–water partition coefficient (Wildman–Crippen LogP) is 4.30. The number of nitrogens with zero attached hydrogens (tertiary/aromatic N) is 2. The summed E-state index contributed by atoms with van der Waals surface area (Å²) < 4.78 is 20.0. The highest BCUT2D eigenvalue weighted by Gasteiger charge is 2.23. The Morgan fingerprint density at radius 2 is 2.09 bits per heavy atom. The fourth-order valence-corrected chi connectivity index (χ4v) is 4.50. The summed E-state index contributed by atoms with van der Waals surface area (Å²) in [7, 11) is 0. The third-order valence-electron chi connectivity index (χ3n) is 6.26. The second-order valence-corrected chi connectivity index (χ2v) is 8.45. The molecule has 0 bridgehead atoms. The molecule has 5 rings (SSSR count). The van der Waals surface area contributed by atoms with Crippen LogP contribution in [-0.4, -0.2) is 28.9 Å². The van der Waals surface area contributed by atoms with Crippen LogP contribution in [0, 0.1) is 6.92 Å². The molecule has 1 fully saturated rings. The van der Waals surface area contributed by atoms with Crippen LogP contribution < -0.4 is 14.9 Å². The Morgan fingerprint density at radius 3 is 2.91 bits per heavy atom. The van der Waals surface area contributed by atoms with E-state index in [1.807, 2.05) is 31.2 Å². The van der Waals surface area contributed by atoms with E-state index in [2.05, 4.69) is 21.7 Å². The molecule has 2 aliphatic heterocycles. The van der Waals surface area contributed by atoms with Gasteiger partial charge in [-0.1, -0.05) is 6.07 Å². The summed E-state index contributed by atoms with van der Waals surface area (Å²) in [6.07, 6.45) is 6.00. The van der Waals surface area contributed by atoms with Crippen molar-refractivity contribution in [2.45, 2.75) is 51.9 Å². The van der Waals surface area contributed by atoms with Gasteiger partial charge >= 0.3 is 0 Å². The normalized spacial score (nSPS) is 17.3. The van der Waals surface area contributed by atoms with Crippen LogP contribution in [0.1, 0.15) is 36.1 Å². The second kappa shape index (κ2) is 9.17. The lowest BCUT2D eigenvalue weighted by molar-refractivity contribution is -0.0127. The van der Waals surface area contributed by atoms with Gasteiger partial charge in [-0.05, 0) is 68.5 Å². The average Bonchev–Trinajstić information content (AvgIpc) is 2.84. The van der Waals surface area contributed by atoms with Gasteiger partial charge < -0.3 is 18.8 Å². The standard InChI is InChI=1S/C26H28N2O4/c1-18-24(29)15-25(32-17-22-7-3-5-13-30-22)28-12-10-19-14-21(8-9-23(19)26(18)28)31-16-20-6-2-4-11-27-20/h2,4,6,8-9,11,14-15,22H,3,5,7,10,12-13,16-17H2,1H3. The van der Waals surface area contributed by atoms with Crippen molar-refractivity contribution in [2.75, 3.05) is 13.2 Å². The molecule has 1 saturated heterocycles. The van der Waals surface area contributed by atoms with Crippen LogP contribution in [0.2, 0.25) is 0 Å². The number of ether oxygens (including phenoxy) is 3. The SMILES string of the molecule is Cc1c2n(c(OCC3CCCCO3)cc1=O)CCc1cc(OCc3ccccn3)ccc1-2. The summed E-state index contributed by atoms with van der Waals surface area (Å²) in [6.45, 7) is 4.35. The van der Waals surface area contributed by atoms with Crippen LogP contribution in [-0.2, 0) is 24.3 Å². The summed E-state index contributed by atoms with van der Waals surface area (Å²) in [4.78, 5) is 17.1. The van der Waals surface area contributed by atoms with Crippen molar-refractivity contribution in [1.29, 1.82) is 0 Å². The summed E-state index contributed by atoms with van der Waals surface area (Å²) in [6, 6.07) is 13.5. The number of aromatic nitrogens is 2. The summed E-state index contributed by atoms with van der Waals surface area (Å²) in [5, 5.41) is 0. The molecule has 0 aliphatic carbocycles. The van der Waals surface area contributed by atoms with Gasteiger partial charge in [-0.3, -0.25) is 9.78 Å². The van der Waals surface area contributed by atoms with Gasteiger partial charge in [-0.25, -0.2) is 0 Å². The zero-order chi connectivity index (χ0) is 21.9. The molecule has 2 aliphatic rings.